The van der Waals surface area contributed by atoms with Crippen molar-refractivity contribution in [3.05, 3.63) is 0 Å². The monoisotopic (exact) mass is 675 g/mol. The fourth-order valence-electron chi connectivity index (χ4n) is 5.74. The van der Waals surface area contributed by atoms with Crippen LogP contribution >= 0.6 is 0 Å². The summed E-state index contributed by atoms with van der Waals surface area (Å²) < 4.78 is 39.0. The van der Waals surface area contributed by atoms with Gasteiger partial charge in [0.25, 0.3) is 0 Å². The molecule has 46 heavy (non-hydrogen) atoms. The summed E-state index contributed by atoms with van der Waals surface area (Å²) in [6.45, 7) is 0.594. The molecule has 20 heteroatoms. The van der Waals surface area contributed by atoms with Crippen LogP contribution < -0.4 is 5.32 Å². The highest BCUT2D eigenvalue weighted by molar-refractivity contribution is 5.73. The second-order valence-electron chi connectivity index (χ2n) is 11.8. The maximum absolute atomic E-state index is 11.8. The van der Waals surface area contributed by atoms with E-state index in [4.69, 9.17) is 33.2 Å². The van der Waals surface area contributed by atoms with Crippen LogP contribution in [0.4, 0.5) is 0 Å². The molecular formula is C26H45NO19. The van der Waals surface area contributed by atoms with Crippen LogP contribution in [0.5, 0.6) is 0 Å². The van der Waals surface area contributed by atoms with Gasteiger partial charge in [-0.15, -0.1) is 0 Å². The molecule has 4 rings (SSSR count). The average Bonchev–Trinajstić information content (AvgIpc) is 3.01. The average molecular weight is 676 g/mol. The van der Waals surface area contributed by atoms with E-state index >= 15 is 0 Å². The number of carbonyl (C=O) groups excluding carboxylic acids is 1. The van der Waals surface area contributed by atoms with Gasteiger partial charge < -0.3 is 94.6 Å². The van der Waals surface area contributed by atoms with Crippen LogP contribution in [-0.2, 0) is 38.0 Å². The van der Waals surface area contributed by atoms with Gasteiger partial charge in [0, 0.05) is 13.3 Å². The topological polar surface area (TPSA) is 316 Å². The van der Waals surface area contributed by atoms with Crippen LogP contribution in [0.2, 0.25) is 0 Å². The Morgan fingerprint density at radius 3 is 2.00 bits per heavy atom. The van der Waals surface area contributed by atoms with Gasteiger partial charge in [0.15, 0.2) is 25.2 Å². The molecule has 0 aromatic rings. The minimum absolute atomic E-state index is 0.214. The quantitative estimate of drug-likeness (QED) is 0.102. The summed E-state index contributed by atoms with van der Waals surface area (Å²) in [6, 6.07) is -1.42. The molecule has 0 aromatic carbocycles. The van der Waals surface area contributed by atoms with Crippen LogP contribution in [0, 0.1) is 0 Å². The molecule has 0 radical (unpaired) electrons. The largest absolute Gasteiger partial charge is 0.394 e. The molecule has 12 N–H and O–H groups in total. The first-order valence-electron chi connectivity index (χ1n) is 14.8. The van der Waals surface area contributed by atoms with Crippen molar-refractivity contribution < 1.29 is 94.1 Å². The van der Waals surface area contributed by atoms with Crippen molar-refractivity contribution in [2.24, 2.45) is 0 Å². The standard InChI is InChI=1S/C26H45NO19/c1-7-14(32)18(36)19(37)25(41-7)40-6-12-16(34)22(20(38)23(39)43-12)46-26-21(10(31)3-9(4-28)42-26)45-24-13(27-8(2)30)17(35)15(33)11(5-29)44-24/h7,9-26,28-29,31-39H,3-6H2,1-2H3,(H,27,30)/t7-,9+,10+,11-,12-,13-,14-,15-,16-,17-,18+,19+,20+,21+,22+,23-,24+,25+,26-/m1/s1. The Bertz CT molecular complexity index is 981. The molecule has 4 heterocycles. The Kier molecular flexibility index (Phi) is 13.0. The molecule has 268 valence electrons. The molecule has 0 spiro atoms. The number of hydrogen-bond donors (Lipinski definition) is 12. The normalized spacial score (nSPS) is 50.2. The maximum atomic E-state index is 11.8. The molecule has 19 atom stereocenters. The van der Waals surface area contributed by atoms with E-state index in [2.05, 4.69) is 5.32 Å². The SMILES string of the molecule is CC(=O)N[C@H]1[C@H](O[C@@H]2[C@@H](O[C@@H]3[C@H](O)[C@H](O)O[C@H](CO[C@H]4O[C@H](C)[C@@H](O)[C@H](O)[C@@H]4O)[C@H]3O)O[C@H](CO)C[C@@H]2O)O[C@H](CO)[C@@H](O)[C@@H]1O. The van der Waals surface area contributed by atoms with Gasteiger partial charge in [-0.05, 0) is 6.92 Å². The summed E-state index contributed by atoms with van der Waals surface area (Å²) in [6.07, 6.45) is -28.3. The fourth-order valence-corrected chi connectivity index (χ4v) is 5.74. The highest BCUT2D eigenvalue weighted by Crippen LogP contribution is 2.33. The van der Waals surface area contributed by atoms with Gasteiger partial charge in [-0.3, -0.25) is 4.79 Å². The van der Waals surface area contributed by atoms with E-state index in [1.54, 1.807) is 0 Å². The van der Waals surface area contributed by atoms with Crippen LogP contribution in [0.15, 0.2) is 0 Å². The van der Waals surface area contributed by atoms with Gasteiger partial charge in [-0.25, -0.2) is 0 Å². The van der Waals surface area contributed by atoms with E-state index in [9.17, 15) is 61.0 Å². The third-order valence-corrected chi connectivity index (χ3v) is 8.41. The molecule has 0 unspecified atom stereocenters. The number of nitrogens with one attached hydrogen (secondary N) is 1. The first-order valence-corrected chi connectivity index (χ1v) is 14.8. The zero-order valence-electron chi connectivity index (χ0n) is 25.0. The first kappa shape index (κ1) is 37.6. The van der Waals surface area contributed by atoms with Crippen LogP contribution in [-0.4, -0.2) is 199 Å². The van der Waals surface area contributed by atoms with Crippen LogP contribution in [0.3, 0.4) is 0 Å². The number of aliphatic hydroxyl groups excluding tert-OH is 11. The highest BCUT2D eigenvalue weighted by atomic mass is 16.8. The Morgan fingerprint density at radius 1 is 0.696 bits per heavy atom. The smallest absolute Gasteiger partial charge is 0.217 e. The minimum atomic E-state index is -1.97. The van der Waals surface area contributed by atoms with E-state index in [1.807, 2.05) is 0 Å². The van der Waals surface area contributed by atoms with Gasteiger partial charge in [0.1, 0.15) is 73.2 Å². The van der Waals surface area contributed by atoms with Crippen molar-refractivity contribution in [2.75, 3.05) is 19.8 Å². The lowest BCUT2D eigenvalue weighted by molar-refractivity contribution is -0.373. The lowest BCUT2D eigenvalue weighted by atomic mass is 9.96. The zero-order valence-corrected chi connectivity index (χ0v) is 25.0. The number of aliphatic hydroxyl groups is 11. The third kappa shape index (κ3) is 8.13. The van der Waals surface area contributed by atoms with E-state index in [0.717, 1.165) is 6.92 Å². The van der Waals surface area contributed by atoms with Crippen molar-refractivity contribution in [1.82, 2.24) is 5.32 Å². The molecule has 4 aliphatic heterocycles. The summed E-state index contributed by atoms with van der Waals surface area (Å²) in [5.41, 5.74) is 0. The molecule has 4 fully saturated rings. The predicted molar refractivity (Wildman–Crippen MR) is 143 cm³/mol. The third-order valence-electron chi connectivity index (χ3n) is 8.41. The predicted octanol–water partition coefficient (Wildman–Crippen LogP) is -7.55. The van der Waals surface area contributed by atoms with E-state index < -0.39 is 142 Å². The van der Waals surface area contributed by atoms with Crippen molar-refractivity contribution in [1.29, 1.82) is 0 Å². The zero-order chi connectivity index (χ0) is 34.0. The number of rotatable bonds is 10. The number of hydrogen-bond acceptors (Lipinski definition) is 19. The first-order chi connectivity index (χ1) is 21.7. The Balaban J connectivity index is 1.51. The van der Waals surface area contributed by atoms with E-state index in [-0.39, 0.29) is 6.42 Å². The number of amides is 1. The lowest BCUT2D eigenvalue weighted by Gasteiger charge is -2.48. The van der Waals surface area contributed by atoms with E-state index in [0.29, 0.717) is 0 Å². The molecule has 0 aliphatic carbocycles. The number of ether oxygens (including phenoxy) is 7. The van der Waals surface area contributed by atoms with E-state index in [1.165, 1.54) is 6.92 Å². The molecule has 0 saturated carbocycles. The van der Waals surface area contributed by atoms with Crippen molar-refractivity contribution >= 4 is 5.91 Å². The summed E-state index contributed by atoms with van der Waals surface area (Å²) in [5.74, 6) is -0.647. The van der Waals surface area contributed by atoms with Crippen molar-refractivity contribution in [3.8, 4) is 0 Å². The van der Waals surface area contributed by atoms with Gasteiger partial charge in [-0.2, -0.15) is 0 Å². The Hall–Kier alpha value is -1.25. The van der Waals surface area contributed by atoms with Gasteiger partial charge in [0.05, 0.1) is 38.1 Å². The Labute approximate surface area is 262 Å². The van der Waals surface area contributed by atoms with Crippen LogP contribution in [0.25, 0.3) is 0 Å². The van der Waals surface area contributed by atoms with Crippen molar-refractivity contribution in [2.45, 2.75) is 137 Å². The lowest BCUT2D eigenvalue weighted by Crippen LogP contribution is -2.67. The molecule has 4 aliphatic rings. The summed E-state index contributed by atoms with van der Waals surface area (Å²) in [4.78, 5) is 11.8. The molecule has 0 aromatic heterocycles. The summed E-state index contributed by atoms with van der Waals surface area (Å²) in [7, 11) is 0. The molecule has 20 nitrogen and oxygen atoms in total. The van der Waals surface area contributed by atoms with Gasteiger partial charge in [0.2, 0.25) is 5.91 Å². The van der Waals surface area contributed by atoms with Gasteiger partial charge in [-0.1, -0.05) is 0 Å². The maximum Gasteiger partial charge on any atom is 0.217 e. The second-order valence-corrected chi connectivity index (χ2v) is 11.8. The molecular weight excluding hydrogens is 630 g/mol. The Morgan fingerprint density at radius 2 is 1.37 bits per heavy atom. The highest BCUT2D eigenvalue weighted by Gasteiger charge is 2.52. The van der Waals surface area contributed by atoms with Crippen molar-refractivity contribution in [3.63, 3.8) is 0 Å². The van der Waals surface area contributed by atoms with Crippen LogP contribution in [0.1, 0.15) is 20.3 Å². The minimum Gasteiger partial charge on any atom is -0.394 e. The summed E-state index contributed by atoms with van der Waals surface area (Å²) >= 11 is 0. The molecule has 0 bridgehead atoms. The second kappa shape index (κ2) is 16.0. The molecule has 1 amide bonds. The summed E-state index contributed by atoms with van der Waals surface area (Å²) in [5, 5.41) is 116. The molecule has 4 saturated heterocycles. The number of carbonyl (C=O) groups is 1. The fraction of sp³-hybridized carbons (Fsp3) is 0.962. The van der Waals surface area contributed by atoms with Gasteiger partial charge >= 0.3 is 0 Å².